The van der Waals surface area contributed by atoms with Gasteiger partial charge in [0.05, 0.1) is 6.42 Å². The number of likely N-dealkylation sites (tertiary alicyclic amines) is 1. The molecule has 0 radical (unpaired) electrons. The van der Waals surface area contributed by atoms with E-state index in [1.807, 2.05) is 25.4 Å². The Bertz CT molecular complexity index is 732. The zero-order valence-corrected chi connectivity index (χ0v) is 15.2. The van der Waals surface area contributed by atoms with Crippen LogP contribution in [-0.4, -0.2) is 52.9 Å². The summed E-state index contributed by atoms with van der Waals surface area (Å²) in [6, 6.07) is 9.18. The molecule has 1 N–H and O–H groups in total. The molecule has 4 rings (SSSR count). The van der Waals surface area contributed by atoms with Crippen LogP contribution in [0.15, 0.2) is 30.5 Å². The van der Waals surface area contributed by atoms with Crippen LogP contribution in [0.1, 0.15) is 44.1 Å². The number of benzene rings is 1. The summed E-state index contributed by atoms with van der Waals surface area (Å²) in [4.78, 5) is 21.0. The maximum absolute atomic E-state index is 13.0. The van der Waals surface area contributed by atoms with Crippen molar-refractivity contribution in [3.8, 4) is 0 Å². The molecule has 0 spiro atoms. The molecule has 0 unspecified atom stereocenters. The van der Waals surface area contributed by atoms with Crippen LogP contribution >= 0.6 is 0 Å². The van der Waals surface area contributed by atoms with E-state index in [2.05, 4.69) is 26.9 Å². The Morgan fingerprint density at radius 2 is 1.92 bits per heavy atom. The number of aromatic amines is 1. The molecule has 1 aromatic heterocycles. The highest BCUT2D eigenvalue weighted by molar-refractivity contribution is 5.88. The predicted molar refractivity (Wildman–Crippen MR) is 102 cm³/mol. The molecular formula is C21H29N3O. The average Bonchev–Trinajstić information content (AvgIpc) is 3.32. The fourth-order valence-electron chi connectivity index (χ4n) is 4.79. The molecule has 2 fully saturated rings. The van der Waals surface area contributed by atoms with Crippen molar-refractivity contribution in [2.45, 2.75) is 57.0 Å². The fourth-order valence-corrected chi connectivity index (χ4v) is 4.79. The third-order valence-electron chi connectivity index (χ3n) is 6.21. The van der Waals surface area contributed by atoms with Crippen molar-refractivity contribution in [2.75, 3.05) is 20.1 Å². The van der Waals surface area contributed by atoms with Crippen molar-refractivity contribution in [3.63, 3.8) is 0 Å². The smallest absolute Gasteiger partial charge is 0.227 e. The molecule has 1 saturated carbocycles. The van der Waals surface area contributed by atoms with Gasteiger partial charge in [0.1, 0.15) is 0 Å². The average molecular weight is 339 g/mol. The molecular weight excluding hydrogens is 310 g/mol. The number of para-hydroxylation sites is 1. The highest BCUT2D eigenvalue weighted by Crippen LogP contribution is 2.29. The summed E-state index contributed by atoms with van der Waals surface area (Å²) in [5.41, 5.74) is 2.22. The van der Waals surface area contributed by atoms with Gasteiger partial charge in [0.15, 0.2) is 0 Å². The lowest BCUT2D eigenvalue weighted by Gasteiger charge is -2.42. The number of carbonyl (C=O) groups is 1. The number of aromatic nitrogens is 1. The minimum atomic E-state index is 0.251. The van der Waals surface area contributed by atoms with Gasteiger partial charge in [0.25, 0.3) is 0 Å². The number of nitrogens with zero attached hydrogens (tertiary/aromatic N) is 2. The summed E-state index contributed by atoms with van der Waals surface area (Å²) in [5.74, 6) is 0.251. The third kappa shape index (κ3) is 3.32. The predicted octanol–water partition coefficient (Wildman–Crippen LogP) is 3.58. The van der Waals surface area contributed by atoms with Gasteiger partial charge in [-0.05, 0) is 50.4 Å². The van der Waals surface area contributed by atoms with E-state index < -0.39 is 0 Å². The number of H-pyrrole nitrogens is 1. The Morgan fingerprint density at radius 1 is 1.16 bits per heavy atom. The summed E-state index contributed by atoms with van der Waals surface area (Å²) in [7, 11) is 2.02. The molecule has 1 aliphatic carbocycles. The maximum Gasteiger partial charge on any atom is 0.227 e. The van der Waals surface area contributed by atoms with Gasteiger partial charge in [-0.15, -0.1) is 0 Å². The van der Waals surface area contributed by atoms with Gasteiger partial charge in [-0.25, -0.2) is 0 Å². The lowest BCUT2D eigenvalue weighted by atomic mass is 9.88. The minimum absolute atomic E-state index is 0.251. The topological polar surface area (TPSA) is 39.3 Å². The number of hydrogen-bond donors (Lipinski definition) is 1. The van der Waals surface area contributed by atoms with E-state index in [9.17, 15) is 4.79 Å². The lowest BCUT2D eigenvalue weighted by Crippen LogP contribution is -2.53. The molecule has 2 atom stereocenters. The summed E-state index contributed by atoms with van der Waals surface area (Å²) in [6.07, 6.45) is 10.1. The van der Waals surface area contributed by atoms with Crippen LogP contribution in [0.4, 0.5) is 0 Å². The Kier molecular flexibility index (Phi) is 4.80. The number of amides is 1. The Hall–Kier alpha value is -1.81. The van der Waals surface area contributed by atoms with E-state index >= 15 is 0 Å². The first-order chi connectivity index (χ1) is 12.2. The molecule has 1 saturated heterocycles. The van der Waals surface area contributed by atoms with E-state index in [0.717, 1.165) is 17.5 Å². The Balaban J connectivity index is 1.48. The number of nitrogens with one attached hydrogen (secondary N) is 1. The highest BCUT2D eigenvalue weighted by Gasteiger charge is 2.35. The number of fused-ring (bicyclic) bond motifs is 1. The summed E-state index contributed by atoms with van der Waals surface area (Å²) < 4.78 is 0. The van der Waals surface area contributed by atoms with Crippen molar-refractivity contribution in [1.29, 1.82) is 0 Å². The first-order valence-electron chi connectivity index (χ1n) is 9.79. The maximum atomic E-state index is 13.0. The first kappa shape index (κ1) is 16.6. The number of rotatable bonds is 4. The van der Waals surface area contributed by atoms with E-state index in [4.69, 9.17) is 0 Å². The number of likely N-dealkylation sites (N-methyl/N-ethyl adjacent to an activating group) is 1. The van der Waals surface area contributed by atoms with Crippen LogP contribution in [0.25, 0.3) is 10.9 Å². The van der Waals surface area contributed by atoms with Gasteiger partial charge in [-0.2, -0.15) is 0 Å². The van der Waals surface area contributed by atoms with Crippen molar-refractivity contribution in [3.05, 3.63) is 36.0 Å². The molecule has 4 heteroatoms. The molecule has 2 heterocycles. The summed E-state index contributed by atoms with van der Waals surface area (Å²) in [5, 5.41) is 1.17. The highest BCUT2D eigenvalue weighted by atomic mass is 16.2. The molecule has 4 nitrogen and oxygen atoms in total. The van der Waals surface area contributed by atoms with Gasteiger partial charge in [0.2, 0.25) is 5.91 Å². The first-order valence-corrected chi connectivity index (χ1v) is 9.79. The van der Waals surface area contributed by atoms with Crippen molar-refractivity contribution in [2.24, 2.45) is 0 Å². The quantitative estimate of drug-likeness (QED) is 0.925. The van der Waals surface area contributed by atoms with Crippen molar-refractivity contribution in [1.82, 2.24) is 14.8 Å². The normalized spacial score (nSPS) is 24.7. The molecule has 1 aliphatic heterocycles. The molecule has 134 valence electrons. The number of hydrogen-bond acceptors (Lipinski definition) is 2. The largest absolute Gasteiger partial charge is 0.361 e. The van der Waals surface area contributed by atoms with Gasteiger partial charge < -0.3 is 9.88 Å². The van der Waals surface area contributed by atoms with Crippen LogP contribution in [0.5, 0.6) is 0 Å². The SMILES string of the molecule is CN(C(=O)Cc1c[nH]c2ccccc12)[C@H]1CCCC[C@@H]1N1CCCC1. The van der Waals surface area contributed by atoms with Crippen LogP contribution in [-0.2, 0) is 11.2 Å². The van der Waals surface area contributed by atoms with Crippen LogP contribution in [0.2, 0.25) is 0 Å². The standard InChI is InChI=1S/C21H29N3O/c1-23(19-10-4-5-11-20(19)24-12-6-7-13-24)21(25)14-16-15-22-18-9-3-2-8-17(16)18/h2-3,8-9,15,19-20,22H,4-7,10-14H2,1H3/t19-,20-/m0/s1. The minimum Gasteiger partial charge on any atom is -0.361 e. The monoisotopic (exact) mass is 339 g/mol. The molecule has 0 bridgehead atoms. The molecule has 2 aromatic rings. The van der Waals surface area contributed by atoms with Gasteiger partial charge >= 0.3 is 0 Å². The molecule has 1 aromatic carbocycles. The van der Waals surface area contributed by atoms with Gasteiger partial charge in [-0.3, -0.25) is 9.69 Å². The van der Waals surface area contributed by atoms with Crippen molar-refractivity contribution < 1.29 is 4.79 Å². The summed E-state index contributed by atoms with van der Waals surface area (Å²) in [6.45, 7) is 2.43. The second-order valence-corrected chi connectivity index (χ2v) is 7.70. The Labute approximate surface area is 150 Å². The van der Waals surface area contributed by atoms with Gasteiger partial charge in [0, 0.05) is 36.2 Å². The van der Waals surface area contributed by atoms with E-state index in [0.29, 0.717) is 18.5 Å². The van der Waals surface area contributed by atoms with Crippen LogP contribution < -0.4 is 0 Å². The third-order valence-corrected chi connectivity index (χ3v) is 6.21. The Morgan fingerprint density at radius 3 is 2.76 bits per heavy atom. The van der Waals surface area contributed by atoms with Crippen LogP contribution in [0, 0.1) is 0 Å². The van der Waals surface area contributed by atoms with Gasteiger partial charge in [-0.1, -0.05) is 31.0 Å². The zero-order valence-electron chi connectivity index (χ0n) is 15.2. The zero-order chi connectivity index (χ0) is 17.2. The summed E-state index contributed by atoms with van der Waals surface area (Å²) >= 11 is 0. The fraction of sp³-hybridized carbons (Fsp3) is 0.571. The second-order valence-electron chi connectivity index (χ2n) is 7.70. The lowest BCUT2D eigenvalue weighted by molar-refractivity contribution is -0.133. The van der Waals surface area contributed by atoms with E-state index in [1.54, 1.807) is 0 Å². The van der Waals surface area contributed by atoms with E-state index in [1.165, 1.54) is 50.6 Å². The number of carbonyl (C=O) groups excluding carboxylic acids is 1. The van der Waals surface area contributed by atoms with Crippen LogP contribution in [0.3, 0.4) is 0 Å². The molecule has 1 amide bonds. The molecule has 2 aliphatic rings. The van der Waals surface area contributed by atoms with Crippen molar-refractivity contribution >= 4 is 16.8 Å². The molecule has 25 heavy (non-hydrogen) atoms. The van der Waals surface area contributed by atoms with E-state index in [-0.39, 0.29) is 5.91 Å². The second kappa shape index (κ2) is 7.20.